The summed E-state index contributed by atoms with van der Waals surface area (Å²) in [6.45, 7) is 4.66. The molecule has 0 amide bonds. The summed E-state index contributed by atoms with van der Waals surface area (Å²) in [4.78, 5) is 35.3. The smallest absolute Gasteiger partial charge is 0.313 e. The first kappa shape index (κ1) is 22.8. The Hall–Kier alpha value is -2.46. The summed E-state index contributed by atoms with van der Waals surface area (Å²) in [7, 11) is 1.49. The zero-order valence-electron chi connectivity index (χ0n) is 16.7. The van der Waals surface area contributed by atoms with Gasteiger partial charge in [-0.1, -0.05) is 6.07 Å². The van der Waals surface area contributed by atoms with Crippen molar-refractivity contribution in [2.45, 2.75) is 50.9 Å². The zero-order chi connectivity index (χ0) is 22.0. The Morgan fingerprint density at radius 2 is 2.07 bits per heavy atom. The number of carbonyl (C=O) groups is 2. The van der Waals surface area contributed by atoms with Gasteiger partial charge in [-0.3, -0.25) is 20.2 Å². The predicted molar refractivity (Wildman–Crippen MR) is 99.7 cm³/mol. The molecule has 1 heterocycles. The van der Waals surface area contributed by atoms with Crippen molar-refractivity contribution >= 4 is 12.3 Å². The molecule has 1 saturated heterocycles. The molecule has 0 radical (unpaired) electrons. The molecule has 2 unspecified atom stereocenters. The second kappa shape index (κ2) is 8.50. The molecule has 0 bridgehead atoms. The van der Waals surface area contributed by atoms with Crippen LogP contribution in [-0.2, 0) is 14.3 Å². The number of piperidine rings is 1. The van der Waals surface area contributed by atoms with E-state index in [0.29, 0.717) is 6.29 Å². The van der Waals surface area contributed by atoms with Crippen LogP contribution in [0, 0.1) is 27.2 Å². The van der Waals surface area contributed by atoms with E-state index < -0.39 is 51.7 Å². The van der Waals surface area contributed by atoms with Gasteiger partial charge in [-0.15, -0.1) is 0 Å². The fourth-order valence-electron chi connectivity index (χ4n) is 3.37. The molecule has 8 nitrogen and oxygen atoms in total. The maximum Gasteiger partial charge on any atom is 0.313 e. The number of ether oxygens (including phenoxy) is 1. The zero-order valence-corrected chi connectivity index (χ0v) is 16.7. The molecular weight excluding hydrogens is 388 g/mol. The van der Waals surface area contributed by atoms with E-state index in [2.05, 4.69) is 10.6 Å². The largest absolute Gasteiger partial charge is 0.441 e. The van der Waals surface area contributed by atoms with Gasteiger partial charge < -0.3 is 14.8 Å². The standard InChI is InChI=1S/C19H25F2N3O5/c1-18(2,3)17(26)29-19(16(10-25)22-4)8-12(15(9-23-19)24(27)28)11-5-6-13(20)14(21)7-11/h5-7,10,12,15-16,22-23H,8-9H2,1-4H3/t12-,15+,16?,19?/m0/s1. The van der Waals surface area contributed by atoms with Crippen molar-refractivity contribution in [1.82, 2.24) is 10.6 Å². The van der Waals surface area contributed by atoms with Crippen molar-refractivity contribution < 1.29 is 28.0 Å². The predicted octanol–water partition coefficient (Wildman–Crippen LogP) is 1.76. The van der Waals surface area contributed by atoms with Crippen LogP contribution >= 0.6 is 0 Å². The van der Waals surface area contributed by atoms with Gasteiger partial charge in [0.05, 0.1) is 17.9 Å². The van der Waals surface area contributed by atoms with Crippen LogP contribution in [0.25, 0.3) is 0 Å². The Balaban J connectivity index is 2.52. The third kappa shape index (κ3) is 4.76. The van der Waals surface area contributed by atoms with Crippen molar-refractivity contribution in [2.75, 3.05) is 13.6 Å². The molecule has 0 spiro atoms. The van der Waals surface area contributed by atoms with Crippen molar-refractivity contribution in [3.05, 3.63) is 45.5 Å². The number of carbonyl (C=O) groups excluding carboxylic acids is 2. The molecule has 1 aromatic carbocycles. The molecule has 4 atom stereocenters. The second-order valence-corrected chi connectivity index (χ2v) is 8.15. The van der Waals surface area contributed by atoms with Crippen LogP contribution in [0.5, 0.6) is 0 Å². The summed E-state index contributed by atoms with van der Waals surface area (Å²) >= 11 is 0. The van der Waals surface area contributed by atoms with Crippen molar-refractivity contribution in [3.8, 4) is 0 Å². The minimum Gasteiger partial charge on any atom is -0.441 e. The van der Waals surface area contributed by atoms with Gasteiger partial charge in [-0.05, 0) is 45.5 Å². The Labute approximate surface area is 167 Å². The third-order valence-electron chi connectivity index (χ3n) is 5.08. The third-order valence-corrected chi connectivity index (χ3v) is 5.08. The first-order valence-electron chi connectivity index (χ1n) is 9.14. The van der Waals surface area contributed by atoms with E-state index in [-0.39, 0.29) is 18.5 Å². The van der Waals surface area contributed by atoms with Gasteiger partial charge in [-0.2, -0.15) is 0 Å². The Morgan fingerprint density at radius 1 is 1.41 bits per heavy atom. The number of nitro groups is 1. The van der Waals surface area contributed by atoms with E-state index in [0.717, 1.165) is 12.1 Å². The van der Waals surface area contributed by atoms with Crippen molar-refractivity contribution in [2.24, 2.45) is 5.41 Å². The maximum absolute atomic E-state index is 13.8. The molecule has 29 heavy (non-hydrogen) atoms. The summed E-state index contributed by atoms with van der Waals surface area (Å²) in [6.07, 6.45) is 0.355. The Morgan fingerprint density at radius 3 is 2.55 bits per heavy atom. The number of esters is 1. The fourth-order valence-corrected chi connectivity index (χ4v) is 3.37. The summed E-state index contributed by atoms with van der Waals surface area (Å²) in [6, 6.07) is 0.839. The number of hydrogen-bond donors (Lipinski definition) is 2. The number of nitrogens with one attached hydrogen (secondary N) is 2. The normalized spacial score (nSPS) is 25.9. The minimum absolute atomic E-state index is 0.184. The molecule has 0 aliphatic carbocycles. The highest BCUT2D eigenvalue weighted by molar-refractivity contribution is 5.76. The molecule has 160 valence electrons. The van der Waals surface area contributed by atoms with Gasteiger partial charge in [0, 0.05) is 11.3 Å². The fraction of sp³-hybridized carbons (Fsp3) is 0.579. The van der Waals surface area contributed by atoms with E-state index in [9.17, 15) is 28.5 Å². The maximum atomic E-state index is 13.8. The molecule has 1 aliphatic heterocycles. The van der Waals surface area contributed by atoms with E-state index >= 15 is 0 Å². The molecule has 1 fully saturated rings. The summed E-state index contributed by atoms with van der Waals surface area (Å²) < 4.78 is 32.9. The monoisotopic (exact) mass is 413 g/mol. The van der Waals surface area contributed by atoms with Gasteiger partial charge in [0.2, 0.25) is 6.04 Å². The van der Waals surface area contributed by atoms with E-state index in [1.54, 1.807) is 20.8 Å². The van der Waals surface area contributed by atoms with Crippen molar-refractivity contribution in [1.29, 1.82) is 0 Å². The van der Waals surface area contributed by atoms with Gasteiger partial charge >= 0.3 is 5.97 Å². The summed E-state index contributed by atoms with van der Waals surface area (Å²) in [5.74, 6) is -3.76. The highest BCUT2D eigenvalue weighted by Gasteiger charge is 2.53. The molecule has 10 heteroatoms. The van der Waals surface area contributed by atoms with Crippen LogP contribution in [0.3, 0.4) is 0 Å². The first-order chi connectivity index (χ1) is 13.4. The molecule has 2 N–H and O–H groups in total. The highest BCUT2D eigenvalue weighted by atomic mass is 19.2. The van der Waals surface area contributed by atoms with Crippen LogP contribution in [-0.4, -0.2) is 48.6 Å². The van der Waals surface area contributed by atoms with Crippen LogP contribution in [0.4, 0.5) is 8.78 Å². The van der Waals surface area contributed by atoms with Gasteiger partial charge in [-0.25, -0.2) is 8.78 Å². The lowest BCUT2D eigenvalue weighted by Gasteiger charge is -2.45. The number of benzene rings is 1. The summed E-state index contributed by atoms with van der Waals surface area (Å²) in [5.41, 5.74) is -2.31. The lowest BCUT2D eigenvalue weighted by molar-refractivity contribution is -0.529. The van der Waals surface area contributed by atoms with E-state index in [1.807, 2.05) is 0 Å². The molecule has 2 rings (SSSR count). The van der Waals surface area contributed by atoms with Gasteiger partial charge in [0.15, 0.2) is 17.4 Å². The van der Waals surface area contributed by atoms with Crippen LogP contribution < -0.4 is 10.6 Å². The number of aldehydes is 1. The first-order valence-corrected chi connectivity index (χ1v) is 9.14. The van der Waals surface area contributed by atoms with Gasteiger partial charge in [0.1, 0.15) is 12.3 Å². The quantitative estimate of drug-likeness (QED) is 0.316. The highest BCUT2D eigenvalue weighted by Crippen LogP contribution is 2.38. The van der Waals surface area contributed by atoms with Crippen LogP contribution in [0.2, 0.25) is 0 Å². The molecule has 1 aliphatic rings. The number of likely N-dealkylation sites (N-methyl/N-ethyl adjacent to an activating group) is 1. The van der Waals surface area contributed by atoms with Gasteiger partial charge in [0.25, 0.3) is 0 Å². The Kier molecular flexibility index (Phi) is 6.69. The van der Waals surface area contributed by atoms with Crippen LogP contribution in [0.1, 0.15) is 38.7 Å². The topological polar surface area (TPSA) is 111 Å². The summed E-state index contributed by atoms with van der Waals surface area (Å²) in [5, 5.41) is 17.2. The molecule has 0 aromatic heterocycles. The average Bonchev–Trinajstić information content (AvgIpc) is 2.63. The van der Waals surface area contributed by atoms with Crippen molar-refractivity contribution in [3.63, 3.8) is 0 Å². The van der Waals surface area contributed by atoms with E-state index in [1.165, 1.54) is 13.1 Å². The SMILES string of the molecule is CNC(C=O)C1(OC(=O)C(C)(C)C)C[C@@H](c2ccc(F)c(F)c2)[C@H]([N+](=O)[O-])CN1. The molecule has 1 aromatic rings. The number of nitrogens with zero attached hydrogens (tertiary/aromatic N) is 1. The minimum atomic E-state index is -1.59. The number of rotatable bonds is 6. The molecule has 0 saturated carbocycles. The van der Waals surface area contributed by atoms with E-state index in [4.69, 9.17) is 4.74 Å². The Bertz CT molecular complexity index is 799. The average molecular weight is 413 g/mol. The lowest BCUT2D eigenvalue weighted by Crippen LogP contribution is -2.68. The lowest BCUT2D eigenvalue weighted by atomic mass is 9.78. The van der Waals surface area contributed by atoms with Crippen LogP contribution in [0.15, 0.2) is 18.2 Å². The number of hydrogen-bond acceptors (Lipinski definition) is 7. The molecular formula is C19H25F2N3O5. The second-order valence-electron chi connectivity index (χ2n) is 8.15. The number of halogens is 2.